The molecule has 0 radical (unpaired) electrons. The Balaban J connectivity index is 2.18. The number of thiophene rings is 1. The first-order chi connectivity index (χ1) is 15.0. The maximum absolute atomic E-state index is 13.1. The first-order valence-corrected chi connectivity index (χ1v) is 12.5. The van der Waals surface area contributed by atoms with Crippen LogP contribution in [-0.4, -0.2) is 28.0 Å². The summed E-state index contributed by atoms with van der Waals surface area (Å²) in [6, 6.07) is 0. The number of allylic oxidation sites excluding steroid dienone is 2. The number of hydrogen-bond donors (Lipinski definition) is 0. The van der Waals surface area contributed by atoms with Gasteiger partial charge in [-0.25, -0.2) is 4.79 Å². The van der Waals surface area contributed by atoms with Gasteiger partial charge in [-0.3, -0.25) is 4.68 Å². The van der Waals surface area contributed by atoms with Gasteiger partial charge in [0.1, 0.15) is 0 Å². The van der Waals surface area contributed by atoms with Gasteiger partial charge in [0.05, 0.1) is 18.4 Å². The van der Waals surface area contributed by atoms with Crippen molar-refractivity contribution in [3.05, 3.63) is 34.5 Å². The topological polar surface area (TPSA) is 53.4 Å². The molecule has 2 heterocycles. The van der Waals surface area contributed by atoms with Gasteiger partial charge < -0.3 is 9.47 Å². The van der Waals surface area contributed by atoms with E-state index < -0.39 is 11.7 Å². The third-order valence-corrected chi connectivity index (χ3v) is 7.22. The highest BCUT2D eigenvalue weighted by atomic mass is 32.1. The summed E-state index contributed by atoms with van der Waals surface area (Å²) >= 11 is 1.72. The Morgan fingerprint density at radius 1 is 1.34 bits per heavy atom. The second-order valence-electron chi connectivity index (χ2n) is 10.0. The smallest absolute Gasteiger partial charge is 0.340 e. The van der Waals surface area contributed by atoms with Gasteiger partial charge >= 0.3 is 5.97 Å². The molecule has 0 aromatic carbocycles. The Morgan fingerprint density at radius 2 is 2.06 bits per heavy atom. The standard InChI is InChI=1S/C26H38N2O3S/c1-9-30-25(29)23(31-26(5,6)7)21-17(4)32-24(20-14-27-28(8)15-20)22(21)19-12-10-18(11-13-19)16(2)3/h12,14-16,18,23H,9-11,13H2,1-8H3. The van der Waals surface area contributed by atoms with Crippen LogP contribution in [0, 0.1) is 18.8 Å². The fourth-order valence-electron chi connectivity index (χ4n) is 4.42. The van der Waals surface area contributed by atoms with Gasteiger partial charge in [-0.1, -0.05) is 19.9 Å². The summed E-state index contributed by atoms with van der Waals surface area (Å²) < 4.78 is 13.6. The van der Waals surface area contributed by atoms with E-state index in [9.17, 15) is 4.79 Å². The van der Waals surface area contributed by atoms with Gasteiger partial charge in [-0.2, -0.15) is 5.10 Å². The quantitative estimate of drug-likeness (QED) is 0.432. The first-order valence-electron chi connectivity index (χ1n) is 11.7. The van der Waals surface area contributed by atoms with Crippen LogP contribution in [0.1, 0.15) is 82.9 Å². The fraction of sp³-hybridized carbons (Fsp3) is 0.615. The first kappa shape index (κ1) is 24.7. The molecule has 1 aliphatic rings. The van der Waals surface area contributed by atoms with E-state index in [0.717, 1.165) is 45.7 Å². The maximum Gasteiger partial charge on any atom is 0.340 e. The van der Waals surface area contributed by atoms with Crippen LogP contribution in [0.25, 0.3) is 16.0 Å². The molecule has 0 bridgehead atoms. The van der Waals surface area contributed by atoms with Crippen LogP contribution >= 0.6 is 11.3 Å². The molecule has 0 aliphatic heterocycles. The second kappa shape index (κ2) is 9.92. The zero-order valence-electron chi connectivity index (χ0n) is 20.8. The van der Waals surface area contributed by atoms with Crippen LogP contribution in [0.4, 0.5) is 0 Å². The summed E-state index contributed by atoms with van der Waals surface area (Å²) in [5, 5.41) is 4.40. The third kappa shape index (κ3) is 5.52. The lowest BCUT2D eigenvalue weighted by Crippen LogP contribution is -2.29. The van der Waals surface area contributed by atoms with E-state index in [-0.39, 0.29) is 5.97 Å². The molecule has 5 nitrogen and oxygen atoms in total. The Bertz CT molecular complexity index is 978. The fourth-order valence-corrected chi connectivity index (χ4v) is 5.61. The molecule has 3 rings (SSSR count). The molecular weight excluding hydrogens is 420 g/mol. The van der Waals surface area contributed by atoms with Crippen LogP contribution in [0.3, 0.4) is 0 Å². The molecule has 176 valence electrons. The largest absolute Gasteiger partial charge is 0.464 e. The van der Waals surface area contributed by atoms with E-state index in [0.29, 0.717) is 18.4 Å². The number of rotatable bonds is 7. The lowest BCUT2D eigenvalue weighted by atomic mass is 9.79. The average molecular weight is 459 g/mol. The van der Waals surface area contributed by atoms with Crippen LogP contribution in [-0.2, 0) is 21.3 Å². The van der Waals surface area contributed by atoms with Gasteiger partial charge in [0.2, 0.25) is 0 Å². The molecule has 6 heteroatoms. The van der Waals surface area contributed by atoms with Crippen molar-refractivity contribution in [3.63, 3.8) is 0 Å². The number of carbonyl (C=O) groups is 1. The summed E-state index contributed by atoms with van der Waals surface area (Å²) in [5.41, 5.74) is 4.00. The predicted molar refractivity (Wildman–Crippen MR) is 132 cm³/mol. The summed E-state index contributed by atoms with van der Waals surface area (Å²) in [6.45, 7) is 14.8. The normalized spacial score (nSPS) is 18.0. The van der Waals surface area contributed by atoms with Crippen LogP contribution in [0.5, 0.6) is 0 Å². The minimum atomic E-state index is -0.754. The molecule has 2 unspecified atom stereocenters. The van der Waals surface area contributed by atoms with Crippen molar-refractivity contribution in [2.24, 2.45) is 18.9 Å². The van der Waals surface area contributed by atoms with Crippen molar-refractivity contribution in [1.29, 1.82) is 0 Å². The SMILES string of the molecule is CCOC(=O)C(OC(C)(C)C)c1c(C)sc(-c2cnn(C)c2)c1C1=CCC(C(C)C)CC1. The molecule has 0 amide bonds. The van der Waals surface area contributed by atoms with Gasteiger partial charge in [0.15, 0.2) is 6.10 Å². The molecular formula is C26H38N2O3S. The lowest BCUT2D eigenvalue weighted by molar-refractivity contribution is -0.166. The lowest BCUT2D eigenvalue weighted by Gasteiger charge is -2.29. The van der Waals surface area contributed by atoms with Gasteiger partial charge in [-0.15, -0.1) is 11.3 Å². The summed E-state index contributed by atoms with van der Waals surface area (Å²) in [6.07, 6.45) is 8.82. The summed E-state index contributed by atoms with van der Waals surface area (Å²) in [7, 11) is 1.93. The molecule has 2 aromatic rings. The molecule has 0 saturated heterocycles. The summed E-state index contributed by atoms with van der Waals surface area (Å²) in [5.74, 6) is 1.06. The minimum absolute atomic E-state index is 0.321. The number of carbonyl (C=O) groups excluding carboxylic acids is 1. The highest BCUT2D eigenvalue weighted by Gasteiger charge is 2.36. The second-order valence-corrected chi connectivity index (χ2v) is 11.3. The van der Waals surface area contributed by atoms with E-state index in [4.69, 9.17) is 9.47 Å². The van der Waals surface area contributed by atoms with E-state index in [1.807, 2.05) is 51.8 Å². The number of esters is 1. The van der Waals surface area contributed by atoms with E-state index >= 15 is 0 Å². The van der Waals surface area contributed by atoms with Gasteiger partial charge in [0, 0.05) is 39.7 Å². The van der Waals surface area contributed by atoms with E-state index in [2.05, 4.69) is 31.9 Å². The summed E-state index contributed by atoms with van der Waals surface area (Å²) in [4.78, 5) is 15.4. The predicted octanol–water partition coefficient (Wildman–Crippen LogP) is 6.72. The zero-order valence-corrected chi connectivity index (χ0v) is 21.6. The highest BCUT2D eigenvalue weighted by Crippen LogP contribution is 2.47. The number of hydrogen-bond acceptors (Lipinski definition) is 5. The van der Waals surface area contributed by atoms with Crippen LogP contribution in [0.15, 0.2) is 18.5 Å². The molecule has 1 aliphatic carbocycles. The highest BCUT2D eigenvalue weighted by molar-refractivity contribution is 7.16. The molecule has 2 aromatic heterocycles. The zero-order chi connectivity index (χ0) is 23.6. The Hall–Kier alpha value is -1.92. The average Bonchev–Trinajstić information content (AvgIpc) is 3.28. The van der Waals surface area contributed by atoms with Crippen molar-refractivity contribution in [1.82, 2.24) is 9.78 Å². The number of aryl methyl sites for hydroxylation is 2. The van der Waals surface area contributed by atoms with Crippen molar-refractivity contribution in [2.45, 2.75) is 79.4 Å². The van der Waals surface area contributed by atoms with E-state index in [1.165, 1.54) is 5.57 Å². The molecule has 0 saturated carbocycles. The molecule has 2 atom stereocenters. The number of aromatic nitrogens is 2. The molecule has 32 heavy (non-hydrogen) atoms. The number of nitrogens with zero attached hydrogens (tertiary/aromatic N) is 2. The Morgan fingerprint density at radius 3 is 2.56 bits per heavy atom. The number of ether oxygens (including phenoxy) is 2. The maximum atomic E-state index is 13.1. The Kier molecular flexibility index (Phi) is 7.66. The van der Waals surface area contributed by atoms with Gasteiger partial charge in [0.25, 0.3) is 0 Å². The Labute approximate surface area is 196 Å². The van der Waals surface area contributed by atoms with Crippen LogP contribution in [0.2, 0.25) is 0 Å². The minimum Gasteiger partial charge on any atom is -0.464 e. The van der Waals surface area contributed by atoms with Crippen molar-refractivity contribution in [3.8, 4) is 10.4 Å². The van der Waals surface area contributed by atoms with Gasteiger partial charge in [-0.05, 0) is 71.3 Å². The van der Waals surface area contributed by atoms with E-state index in [1.54, 1.807) is 11.3 Å². The van der Waals surface area contributed by atoms with Crippen molar-refractivity contribution >= 4 is 22.9 Å². The molecule has 0 spiro atoms. The van der Waals surface area contributed by atoms with Crippen LogP contribution < -0.4 is 0 Å². The monoisotopic (exact) mass is 458 g/mol. The molecule has 0 N–H and O–H groups in total. The van der Waals surface area contributed by atoms with Crippen molar-refractivity contribution < 1.29 is 14.3 Å². The third-order valence-electron chi connectivity index (χ3n) is 6.05. The molecule has 0 fully saturated rings. The van der Waals surface area contributed by atoms with Crippen molar-refractivity contribution in [2.75, 3.05) is 6.61 Å².